The fourth-order valence-corrected chi connectivity index (χ4v) is 2.98. The van der Waals surface area contributed by atoms with E-state index in [1.54, 1.807) is 0 Å². The van der Waals surface area contributed by atoms with Crippen LogP contribution in [0.15, 0.2) is 6.07 Å². The highest BCUT2D eigenvalue weighted by Crippen LogP contribution is 2.42. The number of nitrogens with two attached hydrogens (primary N) is 1. The summed E-state index contributed by atoms with van der Waals surface area (Å²) in [5.74, 6) is -0.709. The van der Waals surface area contributed by atoms with Crippen molar-refractivity contribution in [3.05, 3.63) is 28.8 Å². The molecule has 0 bridgehead atoms. The molecule has 17 heavy (non-hydrogen) atoms. The number of rotatable bonds is 1. The Morgan fingerprint density at radius 1 is 1.24 bits per heavy atom. The van der Waals surface area contributed by atoms with Gasteiger partial charge in [0.1, 0.15) is 17.4 Å². The molecule has 0 aromatic heterocycles. The number of hydrogen-bond donors (Lipinski definition) is 1. The van der Waals surface area contributed by atoms with Gasteiger partial charge in [-0.2, -0.15) is 0 Å². The lowest BCUT2D eigenvalue weighted by Crippen LogP contribution is -2.35. The molecule has 1 aromatic rings. The first-order valence-electron chi connectivity index (χ1n) is 6.05. The molecule has 4 heteroatoms. The molecule has 2 N–H and O–H groups in total. The summed E-state index contributed by atoms with van der Waals surface area (Å²) in [5, 5.41) is 0. The monoisotopic (exact) mass is 239 g/mol. The maximum Gasteiger partial charge on any atom is 0.138 e. The van der Waals surface area contributed by atoms with Crippen LogP contribution in [0.2, 0.25) is 0 Å². The molecule has 92 valence electrons. The lowest BCUT2D eigenvalue weighted by molar-refractivity contribution is 0.353. The van der Waals surface area contributed by atoms with Gasteiger partial charge in [-0.05, 0) is 12.8 Å². The zero-order valence-corrected chi connectivity index (χ0v) is 9.56. The van der Waals surface area contributed by atoms with Crippen molar-refractivity contribution in [2.75, 3.05) is 6.61 Å². The Labute approximate surface area is 98.8 Å². The Bertz CT molecular complexity index is 467. The molecule has 1 aromatic carbocycles. The summed E-state index contributed by atoms with van der Waals surface area (Å²) in [5.41, 5.74) is 5.88. The highest BCUT2D eigenvalue weighted by Gasteiger charge is 2.38. The number of halogens is 2. The minimum Gasteiger partial charge on any atom is -0.493 e. The smallest absolute Gasteiger partial charge is 0.138 e. The van der Waals surface area contributed by atoms with Gasteiger partial charge in [-0.15, -0.1) is 0 Å². The Morgan fingerprint density at radius 2 is 1.94 bits per heavy atom. The van der Waals surface area contributed by atoms with Gasteiger partial charge in [-0.25, -0.2) is 8.78 Å². The van der Waals surface area contributed by atoms with Gasteiger partial charge in [0.2, 0.25) is 0 Å². The second-order valence-electron chi connectivity index (χ2n) is 4.99. The van der Waals surface area contributed by atoms with Crippen molar-refractivity contribution in [3.63, 3.8) is 0 Å². The van der Waals surface area contributed by atoms with Crippen LogP contribution in [0.3, 0.4) is 0 Å². The van der Waals surface area contributed by atoms with Crippen LogP contribution in [0, 0.1) is 11.6 Å². The first kappa shape index (κ1) is 11.0. The van der Waals surface area contributed by atoms with E-state index in [2.05, 4.69) is 0 Å². The molecule has 0 radical (unpaired) electrons. The van der Waals surface area contributed by atoms with E-state index in [1.807, 2.05) is 0 Å². The second-order valence-corrected chi connectivity index (χ2v) is 4.99. The van der Waals surface area contributed by atoms with Gasteiger partial charge < -0.3 is 10.5 Å². The molecule has 2 aliphatic rings. The third-order valence-corrected chi connectivity index (χ3v) is 3.88. The predicted molar refractivity (Wildman–Crippen MR) is 59.9 cm³/mol. The molecular formula is C13H15F2NO. The molecule has 1 saturated carbocycles. The van der Waals surface area contributed by atoms with Crippen LogP contribution in [-0.4, -0.2) is 6.61 Å². The average molecular weight is 239 g/mol. The minimum absolute atomic E-state index is 0.0688. The summed E-state index contributed by atoms with van der Waals surface area (Å²) in [6, 6.07) is 1.29. The Balaban J connectivity index is 2.16. The molecule has 0 amide bonds. The van der Waals surface area contributed by atoms with Crippen LogP contribution in [0.4, 0.5) is 8.78 Å². The van der Waals surface area contributed by atoms with Crippen LogP contribution in [0.1, 0.15) is 36.8 Å². The molecule has 0 spiro atoms. The standard InChI is InChI=1S/C13H15F2NO/c14-9-7-10-8(3-6-17-10)12(15)11(9)13(16)4-1-2-5-13/h7H,1-6,16H2. The van der Waals surface area contributed by atoms with E-state index in [1.165, 1.54) is 6.07 Å². The van der Waals surface area contributed by atoms with E-state index in [9.17, 15) is 8.78 Å². The predicted octanol–water partition coefficient (Wildman–Crippen LogP) is 2.63. The summed E-state index contributed by atoms with van der Waals surface area (Å²) >= 11 is 0. The highest BCUT2D eigenvalue weighted by molar-refractivity contribution is 5.45. The van der Waals surface area contributed by atoms with E-state index >= 15 is 0 Å². The van der Waals surface area contributed by atoms with Crippen molar-refractivity contribution >= 4 is 0 Å². The summed E-state index contributed by atoms with van der Waals surface area (Å²) < 4.78 is 33.5. The van der Waals surface area contributed by atoms with Crippen molar-refractivity contribution in [2.45, 2.75) is 37.6 Å². The molecule has 1 fully saturated rings. The van der Waals surface area contributed by atoms with Gasteiger partial charge in [-0.3, -0.25) is 0 Å². The Kier molecular flexibility index (Phi) is 2.36. The molecule has 2 nitrogen and oxygen atoms in total. The maximum absolute atomic E-state index is 14.3. The fourth-order valence-electron chi connectivity index (χ4n) is 2.98. The van der Waals surface area contributed by atoms with Gasteiger partial charge in [-0.1, -0.05) is 12.8 Å². The Hall–Kier alpha value is -1.16. The summed E-state index contributed by atoms with van der Waals surface area (Å²) in [6.07, 6.45) is 3.68. The molecule has 1 aliphatic carbocycles. The summed E-state index contributed by atoms with van der Waals surface area (Å²) in [6.45, 7) is 0.423. The molecule has 1 aliphatic heterocycles. The van der Waals surface area contributed by atoms with Gasteiger partial charge in [0.05, 0.1) is 6.61 Å². The van der Waals surface area contributed by atoms with Crippen LogP contribution in [0.25, 0.3) is 0 Å². The third-order valence-electron chi connectivity index (χ3n) is 3.88. The van der Waals surface area contributed by atoms with E-state index < -0.39 is 17.2 Å². The lowest BCUT2D eigenvalue weighted by atomic mass is 9.87. The van der Waals surface area contributed by atoms with Gasteiger partial charge in [0.15, 0.2) is 0 Å². The van der Waals surface area contributed by atoms with Crippen molar-refractivity contribution in [1.29, 1.82) is 0 Å². The number of hydrogen-bond acceptors (Lipinski definition) is 2. The number of benzene rings is 1. The quantitative estimate of drug-likeness (QED) is 0.817. The van der Waals surface area contributed by atoms with Crippen LogP contribution in [0.5, 0.6) is 5.75 Å². The topological polar surface area (TPSA) is 35.2 Å². The van der Waals surface area contributed by atoms with E-state index in [0.717, 1.165) is 12.8 Å². The van der Waals surface area contributed by atoms with E-state index in [4.69, 9.17) is 10.5 Å². The maximum atomic E-state index is 14.3. The summed E-state index contributed by atoms with van der Waals surface area (Å²) in [4.78, 5) is 0. The second kappa shape index (κ2) is 3.67. The van der Waals surface area contributed by atoms with Gasteiger partial charge in [0.25, 0.3) is 0 Å². The fraction of sp³-hybridized carbons (Fsp3) is 0.538. The van der Waals surface area contributed by atoms with Gasteiger partial charge in [0, 0.05) is 29.2 Å². The van der Waals surface area contributed by atoms with E-state index in [-0.39, 0.29) is 5.56 Å². The zero-order chi connectivity index (χ0) is 12.0. The number of fused-ring (bicyclic) bond motifs is 1. The third kappa shape index (κ3) is 1.54. The van der Waals surface area contributed by atoms with Crippen molar-refractivity contribution in [3.8, 4) is 5.75 Å². The van der Waals surface area contributed by atoms with Crippen LogP contribution >= 0.6 is 0 Å². The first-order valence-corrected chi connectivity index (χ1v) is 6.05. The molecular weight excluding hydrogens is 224 g/mol. The highest BCUT2D eigenvalue weighted by atomic mass is 19.1. The van der Waals surface area contributed by atoms with E-state index in [0.29, 0.717) is 37.2 Å². The Morgan fingerprint density at radius 3 is 2.65 bits per heavy atom. The SMILES string of the molecule is NC1(c2c(F)cc3c(c2F)CCO3)CCCC1. The lowest BCUT2D eigenvalue weighted by Gasteiger charge is -2.26. The van der Waals surface area contributed by atoms with Crippen LogP contribution < -0.4 is 10.5 Å². The van der Waals surface area contributed by atoms with Crippen molar-refractivity contribution in [1.82, 2.24) is 0 Å². The summed E-state index contributed by atoms with van der Waals surface area (Å²) in [7, 11) is 0. The molecule has 1 heterocycles. The number of ether oxygens (including phenoxy) is 1. The molecule has 0 unspecified atom stereocenters. The van der Waals surface area contributed by atoms with Crippen LogP contribution in [-0.2, 0) is 12.0 Å². The van der Waals surface area contributed by atoms with Crippen molar-refractivity contribution < 1.29 is 13.5 Å². The van der Waals surface area contributed by atoms with Gasteiger partial charge >= 0.3 is 0 Å². The molecule has 3 rings (SSSR count). The zero-order valence-electron chi connectivity index (χ0n) is 9.56. The molecule has 0 atom stereocenters. The average Bonchev–Trinajstić information content (AvgIpc) is 2.87. The first-order chi connectivity index (χ1) is 8.12. The van der Waals surface area contributed by atoms with Crippen molar-refractivity contribution in [2.24, 2.45) is 5.73 Å². The largest absolute Gasteiger partial charge is 0.493 e. The molecule has 0 saturated heterocycles. The minimum atomic E-state index is -0.828. The normalized spacial score (nSPS) is 21.4.